The van der Waals surface area contributed by atoms with Gasteiger partial charge < -0.3 is 5.32 Å². The van der Waals surface area contributed by atoms with Crippen LogP contribution in [0.15, 0.2) is 57.8 Å². The molecule has 0 amide bonds. The lowest BCUT2D eigenvalue weighted by atomic mass is 10.1. The fourth-order valence-electron chi connectivity index (χ4n) is 2.08. The molecule has 2 aromatic carbocycles. The average Bonchev–Trinajstić information content (AvgIpc) is 2.74. The summed E-state index contributed by atoms with van der Waals surface area (Å²) in [5.74, 6) is -0.375. The van der Waals surface area contributed by atoms with E-state index in [0.29, 0.717) is 22.3 Å². The predicted octanol–water partition coefficient (Wildman–Crippen LogP) is 4.01. The minimum absolute atomic E-state index is 0.0905. The van der Waals surface area contributed by atoms with Crippen molar-refractivity contribution in [3.05, 3.63) is 79.9 Å². The lowest BCUT2D eigenvalue weighted by Gasteiger charge is -1.99. The zero-order valence-corrected chi connectivity index (χ0v) is 14.6. The molecule has 0 saturated heterocycles. The number of ketones is 1. The Balaban J connectivity index is 2.35. The lowest BCUT2D eigenvalue weighted by Crippen LogP contribution is -2.15. The van der Waals surface area contributed by atoms with Crippen molar-refractivity contribution in [2.75, 3.05) is 11.9 Å². The van der Waals surface area contributed by atoms with Crippen molar-refractivity contribution in [2.24, 2.45) is 0 Å². The summed E-state index contributed by atoms with van der Waals surface area (Å²) < 4.78 is 0.652. The monoisotopic (exact) mass is 382 g/mol. The SMILES string of the molecule is CCNc1ccc(Br)cc(C(=O)/C=C/c2ccc(C#N)cc2)c1=O. The molecule has 4 nitrogen and oxygen atoms in total. The normalized spacial score (nSPS) is 10.4. The summed E-state index contributed by atoms with van der Waals surface area (Å²) in [6.07, 6.45) is 2.98. The fraction of sp³-hybridized carbons (Fsp3) is 0.105. The van der Waals surface area contributed by atoms with E-state index in [2.05, 4.69) is 21.2 Å². The van der Waals surface area contributed by atoms with Gasteiger partial charge in [-0.3, -0.25) is 9.59 Å². The molecule has 0 bridgehead atoms. The van der Waals surface area contributed by atoms with Gasteiger partial charge in [0.25, 0.3) is 0 Å². The second-order valence-corrected chi connectivity index (χ2v) is 5.90. The third-order valence-corrected chi connectivity index (χ3v) is 3.77. The van der Waals surface area contributed by atoms with Gasteiger partial charge in [0.2, 0.25) is 5.43 Å². The summed E-state index contributed by atoms with van der Waals surface area (Å²) in [4.78, 5) is 24.9. The summed E-state index contributed by atoms with van der Waals surface area (Å²) in [5, 5.41) is 11.7. The van der Waals surface area contributed by atoms with Crippen LogP contribution >= 0.6 is 15.9 Å². The number of halogens is 1. The number of allylic oxidation sites excluding steroid dienone is 1. The Bertz CT molecular complexity index is 881. The largest absolute Gasteiger partial charge is 0.382 e. The topological polar surface area (TPSA) is 70.0 Å². The first-order valence-electron chi connectivity index (χ1n) is 7.35. The molecule has 0 aliphatic rings. The van der Waals surface area contributed by atoms with Crippen molar-refractivity contribution in [2.45, 2.75) is 6.92 Å². The van der Waals surface area contributed by atoms with Gasteiger partial charge in [-0.05, 0) is 48.9 Å². The Morgan fingerprint density at radius 2 is 1.96 bits per heavy atom. The molecular weight excluding hydrogens is 368 g/mol. The molecule has 0 aliphatic carbocycles. The van der Waals surface area contributed by atoms with Gasteiger partial charge in [0.15, 0.2) is 5.78 Å². The van der Waals surface area contributed by atoms with Crippen LogP contribution in [0.5, 0.6) is 0 Å². The smallest absolute Gasteiger partial charge is 0.212 e. The maximum absolute atomic E-state index is 12.5. The van der Waals surface area contributed by atoms with E-state index < -0.39 is 0 Å². The maximum atomic E-state index is 12.5. The quantitative estimate of drug-likeness (QED) is 0.626. The minimum atomic E-state index is -0.375. The van der Waals surface area contributed by atoms with Crippen molar-refractivity contribution in [1.82, 2.24) is 0 Å². The number of nitrogens with zero attached hydrogens (tertiary/aromatic N) is 1. The molecule has 0 aliphatic heterocycles. The van der Waals surface area contributed by atoms with E-state index in [-0.39, 0.29) is 16.8 Å². The number of rotatable bonds is 5. The average molecular weight is 383 g/mol. The summed E-state index contributed by atoms with van der Waals surface area (Å²) in [6, 6.07) is 13.8. The van der Waals surface area contributed by atoms with Gasteiger partial charge in [0.1, 0.15) is 0 Å². The summed E-state index contributed by atoms with van der Waals surface area (Å²) in [7, 11) is 0. The Morgan fingerprint density at radius 3 is 2.58 bits per heavy atom. The Labute approximate surface area is 148 Å². The van der Waals surface area contributed by atoms with Gasteiger partial charge in [-0.25, -0.2) is 0 Å². The van der Waals surface area contributed by atoms with Crippen molar-refractivity contribution in [3.63, 3.8) is 0 Å². The number of hydrogen-bond acceptors (Lipinski definition) is 4. The molecular formula is C19H15BrN2O2. The van der Waals surface area contributed by atoms with Crippen LogP contribution < -0.4 is 10.7 Å². The zero-order valence-electron chi connectivity index (χ0n) is 13.0. The van der Waals surface area contributed by atoms with Crippen LogP contribution in [0.3, 0.4) is 0 Å². The van der Waals surface area contributed by atoms with Gasteiger partial charge in [0.05, 0.1) is 22.9 Å². The number of nitriles is 1. The minimum Gasteiger partial charge on any atom is -0.382 e. The number of carbonyl (C=O) groups excluding carboxylic acids is 1. The Morgan fingerprint density at radius 1 is 1.25 bits per heavy atom. The molecule has 0 spiro atoms. The molecule has 1 N–H and O–H groups in total. The highest BCUT2D eigenvalue weighted by molar-refractivity contribution is 9.10. The van der Waals surface area contributed by atoms with E-state index in [4.69, 9.17) is 5.26 Å². The fourth-order valence-corrected chi connectivity index (χ4v) is 2.44. The van der Waals surface area contributed by atoms with E-state index in [1.165, 1.54) is 12.1 Å². The van der Waals surface area contributed by atoms with E-state index in [1.807, 2.05) is 13.0 Å². The van der Waals surface area contributed by atoms with Gasteiger partial charge >= 0.3 is 0 Å². The molecule has 2 aromatic rings. The highest BCUT2D eigenvalue weighted by Crippen LogP contribution is 2.13. The highest BCUT2D eigenvalue weighted by Gasteiger charge is 2.10. The molecule has 0 atom stereocenters. The van der Waals surface area contributed by atoms with Crippen LogP contribution in [-0.4, -0.2) is 12.3 Å². The first-order valence-corrected chi connectivity index (χ1v) is 8.14. The summed E-state index contributed by atoms with van der Waals surface area (Å²) in [5.41, 5.74) is 1.47. The Kier molecular flexibility index (Phi) is 6.05. The van der Waals surface area contributed by atoms with Crippen LogP contribution in [0.4, 0.5) is 5.69 Å². The van der Waals surface area contributed by atoms with Gasteiger partial charge in [0, 0.05) is 11.0 Å². The number of anilines is 1. The maximum Gasteiger partial charge on any atom is 0.212 e. The molecule has 2 rings (SSSR count). The highest BCUT2D eigenvalue weighted by atomic mass is 79.9. The number of benzene rings is 1. The van der Waals surface area contributed by atoms with Crippen molar-refractivity contribution in [1.29, 1.82) is 5.26 Å². The first-order chi connectivity index (χ1) is 11.5. The molecule has 0 radical (unpaired) electrons. The van der Waals surface area contributed by atoms with Crippen molar-refractivity contribution in [3.8, 4) is 6.07 Å². The van der Waals surface area contributed by atoms with Crippen LogP contribution in [0, 0.1) is 11.3 Å². The molecule has 0 unspecified atom stereocenters. The second-order valence-electron chi connectivity index (χ2n) is 4.98. The van der Waals surface area contributed by atoms with E-state index in [0.717, 1.165) is 5.56 Å². The van der Waals surface area contributed by atoms with Gasteiger partial charge in [-0.15, -0.1) is 0 Å². The van der Waals surface area contributed by atoms with E-state index in [1.54, 1.807) is 42.5 Å². The van der Waals surface area contributed by atoms with E-state index >= 15 is 0 Å². The Hall–Kier alpha value is -2.71. The van der Waals surface area contributed by atoms with Crippen molar-refractivity contribution < 1.29 is 4.79 Å². The molecule has 0 aromatic heterocycles. The molecule has 5 heteroatoms. The molecule has 120 valence electrons. The lowest BCUT2D eigenvalue weighted by molar-refractivity contribution is 0.104. The number of nitrogens with one attached hydrogen (secondary N) is 1. The van der Waals surface area contributed by atoms with Crippen LogP contribution in [0.2, 0.25) is 0 Å². The van der Waals surface area contributed by atoms with Crippen LogP contribution in [0.25, 0.3) is 6.08 Å². The standard InChI is InChI=1S/C19H15BrN2O2/c1-2-22-17-9-8-15(20)11-16(19(17)24)18(23)10-7-13-3-5-14(12-21)6-4-13/h3-11H,2H2,1H3,(H,22,24)/b10-7+. The molecule has 24 heavy (non-hydrogen) atoms. The predicted molar refractivity (Wildman–Crippen MR) is 99.1 cm³/mol. The second kappa shape index (κ2) is 8.23. The van der Waals surface area contributed by atoms with Gasteiger partial charge in [-0.2, -0.15) is 5.26 Å². The van der Waals surface area contributed by atoms with Crippen LogP contribution in [0.1, 0.15) is 28.4 Å². The zero-order chi connectivity index (χ0) is 17.5. The third-order valence-electron chi connectivity index (χ3n) is 3.28. The molecule has 0 heterocycles. The number of hydrogen-bond donors (Lipinski definition) is 1. The molecule has 0 saturated carbocycles. The third kappa shape index (κ3) is 4.40. The first kappa shape index (κ1) is 17.6. The molecule has 0 fully saturated rings. The van der Waals surface area contributed by atoms with Crippen molar-refractivity contribution >= 4 is 33.5 Å². The van der Waals surface area contributed by atoms with E-state index in [9.17, 15) is 9.59 Å². The summed E-state index contributed by atoms with van der Waals surface area (Å²) >= 11 is 3.32. The summed E-state index contributed by atoms with van der Waals surface area (Å²) in [6.45, 7) is 2.47. The van der Waals surface area contributed by atoms with Gasteiger partial charge in [-0.1, -0.05) is 34.1 Å². The van der Waals surface area contributed by atoms with Crippen LogP contribution in [-0.2, 0) is 0 Å². The number of carbonyl (C=O) groups is 1.